The molecule has 0 bridgehead atoms. The van der Waals surface area contributed by atoms with Crippen LogP contribution in [-0.4, -0.2) is 16.1 Å². The molecule has 37 heavy (non-hydrogen) atoms. The first-order chi connectivity index (χ1) is 18.0. The largest absolute Gasteiger partial charge is 0.489 e. The molecular formula is C29H23N3O4S. The topological polar surface area (TPSA) is 85.5 Å². The summed E-state index contributed by atoms with van der Waals surface area (Å²) in [6.07, 6.45) is 0.700. The Morgan fingerprint density at radius 2 is 1.78 bits per heavy atom. The maximum atomic E-state index is 13.8. The molecule has 2 aromatic heterocycles. The number of fused-ring (bicyclic) bond motifs is 2. The van der Waals surface area contributed by atoms with Gasteiger partial charge < -0.3 is 9.15 Å². The van der Waals surface area contributed by atoms with Crippen molar-refractivity contribution in [1.29, 1.82) is 0 Å². The zero-order valence-electron chi connectivity index (χ0n) is 20.3. The molecule has 0 saturated heterocycles. The van der Waals surface area contributed by atoms with Gasteiger partial charge in [0.15, 0.2) is 5.43 Å². The molecule has 0 radical (unpaired) electrons. The lowest BCUT2D eigenvalue weighted by Crippen LogP contribution is -2.29. The molecule has 3 heterocycles. The Kier molecular flexibility index (Phi) is 5.81. The van der Waals surface area contributed by atoms with Gasteiger partial charge in [-0.2, -0.15) is 0 Å². The summed E-state index contributed by atoms with van der Waals surface area (Å²) in [5, 5.41) is 10.2. The first kappa shape index (κ1) is 23.1. The fraction of sp³-hybridized carbons (Fsp3) is 0.172. The van der Waals surface area contributed by atoms with E-state index in [1.165, 1.54) is 16.2 Å². The normalized spacial score (nSPS) is 14.8. The summed E-state index contributed by atoms with van der Waals surface area (Å²) in [5.41, 5.74) is 3.25. The highest BCUT2D eigenvalue weighted by Gasteiger charge is 2.45. The lowest BCUT2D eigenvalue weighted by atomic mass is 9.98. The van der Waals surface area contributed by atoms with Gasteiger partial charge in [-0.3, -0.25) is 14.5 Å². The van der Waals surface area contributed by atoms with Crippen LogP contribution in [0.3, 0.4) is 0 Å². The summed E-state index contributed by atoms with van der Waals surface area (Å²) in [4.78, 5) is 29.0. The van der Waals surface area contributed by atoms with Crippen molar-refractivity contribution < 1.29 is 13.9 Å². The molecule has 0 aliphatic carbocycles. The molecule has 1 amide bonds. The van der Waals surface area contributed by atoms with Crippen molar-refractivity contribution in [3.05, 3.63) is 116 Å². The second-order valence-electron chi connectivity index (χ2n) is 8.93. The summed E-state index contributed by atoms with van der Waals surface area (Å²) < 4.78 is 12.0. The van der Waals surface area contributed by atoms with Crippen molar-refractivity contribution in [2.24, 2.45) is 0 Å². The molecule has 1 atom stereocenters. The predicted octanol–water partition coefficient (Wildman–Crippen LogP) is 5.84. The van der Waals surface area contributed by atoms with Gasteiger partial charge in [-0.15, -0.1) is 10.2 Å². The van der Waals surface area contributed by atoms with E-state index in [1.54, 1.807) is 12.1 Å². The Morgan fingerprint density at radius 1 is 1.00 bits per heavy atom. The minimum Gasteiger partial charge on any atom is -0.489 e. The van der Waals surface area contributed by atoms with Gasteiger partial charge in [0.25, 0.3) is 5.91 Å². The van der Waals surface area contributed by atoms with E-state index in [0.29, 0.717) is 40.4 Å². The zero-order chi connectivity index (χ0) is 25.5. The number of carbonyl (C=O) groups excluding carboxylic acids is 1. The molecule has 0 spiro atoms. The fourth-order valence-electron chi connectivity index (χ4n) is 4.57. The molecule has 184 valence electrons. The summed E-state index contributed by atoms with van der Waals surface area (Å²) in [6, 6.07) is 22.1. The van der Waals surface area contributed by atoms with Crippen LogP contribution in [0.25, 0.3) is 11.0 Å². The van der Waals surface area contributed by atoms with Gasteiger partial charge in [0.1, 0.15) is 22.9 Å². The van der Waals surface area contributed by atoms with Gasteiger partial charge in [-0.05, 0) is 48.7 Å². The number of hydrogen-bond donors (Lipinski definition) is 0. The van der Waals surface area contributed by atoms with Crippen LogP contribution in [0.4, 0.5) is 5.13 Å². The van der Waals surface area contributed by atoms with Crippen LogP contribution >= 0.6 is 11.3 Å². The lowest BCUT2D eigenvalue weighted by molar-refractivity contribution is 0.0970. The van der Waals surface area contributed by atoms with Crippen LogP contribution in [-0.2, 0) is 13.0 Å². The molecule has 0 fully saturated rings. The van der Waals surface area contributed by atoms with Gasteiger partial charge in [-0.25, -0.2) is 0 Å². The van der Waals surface area contributed by atoms with E-state index < -0.39 is 11.9 Å². The number of hydrogen-bond acceptors (Lipinski definition) is 7. The summed E-state index contributed by atoms with van der Waals surface area (Å²) in [6.45, 7) is 4.34. The van der Waals surface area contributed by atoms with Gasteiger partial charge in [0, 0.05) is 0 Å². The standard InChI is InChI=1S/C29H23N3O4S/c1-3-23-30-31-29(37-23)32-25(19-10-12-20(13-11-19)35-16-18-7-5-4-6-8-18)24-26(33)21-15-17(2)9-14-22(21)36-27(24)28(32)34/h4-15,25H,3,16H2,1-2H3. The first-order valence-corrected chi connectivity index (χ1v) is 12.8. The average molecular weight is 510 g/mol. The van der Waals surface area contributed by atoms with Crippen LogP contribution < -0.4 is 15.1 Å². The Balaban J connectivity index is 1.44. The number of aromatic nitrogens is 2. The van der Waals surface area contributed by atoms with E-state index in [2.05, 4.69) is 10.2 Å². The molecule has 7 nitrogen and oxygen atoms in total. The van der Waals surface area contributed by atoms with Gasteiger partial charge in [0.05, 0.1) is 17.0 Å². The number of ether oxygens (including phenoxy) is 1. The van der Waals surface area contributed by atoms with E-state index in [9.17, 15) is 9.59 Å². The van der Waals surface area contributed by atoms with Crippen LogP contribution in [0.15, 0.2) is 82.0 Å². The highest BCUT2D eigenvalue weighted by atomic mass is 32.1. The van der Waals surface area contributed by atoms with Crippen molar-refractivity contribution in [2.75, 3.05) is 4.90 Å². The smallest absolute Gasteiger partial charge is 0.297 e. The number of carbonyl (C=O) groups is 1. The second kappa shape index (κ2) is 9.29. The van der Waals surface area contributed by atoms with Crippen LogP contribution in [0, 0.1) is 6.92 Å². The molecule has 0 N–H and O–H groups in total. The molecule has 1 aliphatic rings. The summed E-state index contributed by atoms with van der Waals surface area (Å²) in [7, 11) is 0. The van der Waals surface area contributed by atoms with Crippen molar-refractivity contribution in [2.45, 2.75) is 32.9 Å². The SMILES string of the molecule is CCc1nnc(N2C(=O)c3oc4ccc(C)cc4c(=O)c3C2c2ccc(OCc3ccccc3)cc2)s1. The molecule has 3 aromatic carbocycles. The van der Waals surface area contributed by atoms with E-state index >= 15 is 0 Å². The quantitative estimate of drug-likeness (QED) is 0.286. The van der Waals surface area contributed by atoms with E-state index in [1.807, 2.05) is 74.5 Å². The van der Waals surface area contributed by atoms with Crippen molar-refractivity contribution in [3.8, 4) is 5.75 Å². The van der Waals surface area contributed by atoms with Gasteiger partial charge in [-0.1, -0.05) is 72.4 Å². The molecule has 8 heteroatoms. The third-order valence-electron chi connectivity index (χ3n) is 6.43. The van der Waals surface area contributed by atoms with Crippen molar-refractivity contribution >= 4 is 33.3 Å². The number of anilines is 1. The number of rotatable bonds is 6. The Hall–Kier alpha value is -4.30. The molecule has 1 aliphatic heterocycles. The zero-order valence-corrected chi connectivity index (χ0v) is 21.1. The highest BCUT2D eigenvalue weighted by Crippen LogP contribution is 2.42. The van der Waals surface area contributed by atoms with E-state index in [-0.39, 0.29) is 11.2 Å². The number of nitrogens with zero attached hydrogens (tertiary/aromatic N) is 3. The molecule has 1 unspecified atom stereocenters. The number of benzene rings is 3. The van der Waals surface area contributed by atoms with Crippen LogP contribution in [0.2, 0.25) is 0 Å². The molecular weight excluding hydrogens is 486 g/mol. The van der Waals surface area contributed by atoms with Crippen LogP contribution in [0.5, 0.6) is 5.75 Å². The summed E-state index contributed by atoms with van der Waals surface area (Å²) in [5.74, 6) is 0.334. The second-order valence-corrected chi connectivity index (χ2v) is 9.97. The van der Waals surface area contributed by atoms with Crippen molar-refractivity contribution in [3.63, 3.8) is 0 Å². The minimum absolute atomic E-state index is 0.0454. The molecule has 0 saturated carbocycles. The summed E-state index contributed by atoms with van der Waals surface area (Å²) >= 11 is 1.34. The predicted molar refractivity (Wildman–Crippen MR) is 142 cm³/mol. The monoisotopic (exact) mass is 509 g/mol. The minimum atomic E-state index is -0.690. The Morgan fingerprint density at radius 3 is 2.51 bits per heavy atom. The lowest BCUT2D eigenvalue weighted by Gasteiger charge is -2.22. The molecule has 5 aromatic rings. The highest BCUT2D eigenvalue weighted by molar-refractivity contribution is 7.15. The van der Waals surface area contributed by atoms with Crippen LogP contribution in [0.1, 0.15) is 50.8 Å². The Bertz CT molecular complexity index is 1680. The first-order valence-electron chi connectivity index (χ1n) is 12.0. The maximum Gasteiger partial charge on any atom is 0.297 e. The van der Waals surface area contributed by atoms with E-state index in [4.69, 9.17) is 9.15 Å². The fourth-order valence-corrected chi connectivity index (χ4v) is 5.38. The van der Waals surface area contributed by atoms with Gasteiger partial charge >= 0.3 is 0 Å². The third-order valence-corrected chi connectivity index (χ3v) is 7.50. The molecule has 6 rings (SSSR count). The number of amides is 1. The Labute approximate surface area is 217 Å². The third kappa shape index (κ3) is 4.09. The number of aryl methyl sites for hydroxylation is 2. The maximum absolute atomic E-state index is 13.8. The average Bonchev–Trinajstić information content (AvgIpc) is 3.51. The van der Waals surface area contributed by atoms with E-state index in [0.717, 1.165) is 21.7 Å². The van der Waals surface area contributed by atoms with Crippen molar-refractivity contribution in [1.82, 2.24) is 10.2 Å². The van der Waals surface area contributed by atoms with Gasteiger partial charge in [0.2, 0.25) is 10.9 Å².